The number of fused-ring (bicyclic) bond motifs is 4. The van der Waals surface area contributed by atoms with Crippen molar-refractivity contribution in [3.8, 4) is 0 Å². The van der Waals surface area contributed by atoms with Gasteiger partial charge in [0.1, 0.15) is 0 Å². The largest absolute Gasteiger partial charge is 0.450 e. The van der Waals surface area contributed by atoms with Gasteiger partial charge in [0.25, 0.3) is 0 Å². The standard InChI is InChI=1S/C11H18N2O3/c1-3-16-11(15)13-7(2)9-5-4-8(13)6-10(14)12-9/h7-9H,3-6H2,1-2H3,(H,12,14)/t7-,8-,9-/m0/s1. The monoisotopic (exact) mass is 226 g/mol. The van der Waals surface area contributed by atoms with Crippen molar-refractivity contribution in [2.75, 3.05) is 6.61 Å². The summed E-state index contributed by atoms with van der Waals surface area (Å²) in [5, 5.41) is 2.96. The SMILES string of the molecule is CCOC(=O)N1[C@H]2CC[C@H](NC(=O)C2)[C@@H]1C. The van der Waals surface area contributed by atoms with Gasteiger partial charge in [0.2, 0.25) is 5.91 Å². The Balaban J connectivity index is 2.18. The Morgan fingerprint density at radius 2 is 2.31 bits per heavy atom. The van der Waals surface area contributed by atoms with Crippen LogP contribution in [0.1, 0.15) is 33.1 Å². The van der Waals surface area contributed by atoms with Crippen LogP contribution in [0.25, 0.3) is 0 Å². The van der Waals surface area contributed by atoms with Crippen molar-refractivity contribution in [3.63, 3.8) is 0 Å². The van der Waals surface area contributed by atoms with Crippen molar-refractivity contribution in [2.24, 2.45) is 0 Å². The summed E-state index contributed by atoms with van der Waals surface area (Å²) in [6.45, 7) is 4.14. The molecule has 0 aromatic heterocycles. The average molecular weight is 226 g/mol. The summed E-state index contributed by atoms with van der Waals surface area (Å²) in [4.78, 5) is 25.1. The number of nitrogens with one attached hydrogen (secondary N) is 1. The third kappa shape index (κ3) is 1.86. The van der Waals surface area contributed by atoms with Gasteiger partial charge in [-0.3, -0.25) is 9.69 Å². The molecule has 0 radical (unpaired) electrons. The first kappa shape index (κ1) is 11.2. The molecule has 2 amide bonds. The van der Waals surface area contributed by atoms with E-state index in [0.29, 0.717) is 13.0 Å². The van der Waals surface area contributed by atoms with Crippen LogP contribution in [0, 0.1) is 0 Å². The van der Waals surface area contributed by atoms with Gasteiger partial charge < -0.3 is 10.1 Å². The van der Waals surface area contributed by atoms with Gasteiger partial charge in [-0.1, -0.05) is 0 Å². The number of rotatable bonds is 1. The second-order valence-electron chi connectivity index (χ2n) is 4.46. The molecule has 3 saturated heterocycles. The van der Waals surface area contributed by atoms with Crippen LogP contribution < -0.4 is 5.32 Å². The van der Waals surface area contributed by atoms with Crippen LogP contribution in [0.2, 0.25) is 0 Å². The Morgan fingerprint density at radius 1 is 1.56 bits per heavy atom. The molecule has 0 saturated carbocycles. The second kappa shape index (κ2) is 4.31. The van der Waals surface area contributed by atoms with Gasteiger partial charge in [0.15, 0.2) is 0 Å². The summed E-state index contributed by atoms with van der Waals surface area (Å²) in [7, 11) is 0. The highest BCUT2D eigenvalue weighted by molar-refractivity contribution is 5.79. The van der Waals surface area contributed by atoms with E-state index in [0.717, 1.165) is 12.8 Å². The summed E-state index contributed by atoms with van der Waals surface area (Å²) in [6, 6.07) is 0.118. The fraction of sp³-hybridized carbons (Fsp3) is 0.818. The van der Waals surface area contributed by atoms with E-state index in [9.17, 15) is 9.59 Å². The number of nitrogens with zero attached hydrogens (tertiary/aromatic N) is 1. The van der Waals surface area contributed by atoms with Crippen molar-refractivity contribution < 1.29 is 14.3 Å². The van der Waals surface area contributed by atoms with Crippen molar-refractivity contribution in [2.45, 2.75) is 51.2 Å². The highest BCUT2D eigenvalue weighted by Gasteiger charge is 2.42. The first-order valence-electron chi connectivity index (χ1n) is 5.88. The smallest absolute Gasteiger partial charge is 0.410 e. The molecule has 3 rings (SSSR count). The lowest BCUT2D eigenvalue weighted by Gasteiger charge is -2.40. The highest BCUT2D eigenvalue weighted by Crippen LogP contribution is 2.29. The molecule has 3 heterocycles. The molecule has 3 atom stereocenters. The lowest BCUT2D eigenvalue weighted by atomic mass is 9.93. The van der Waals surface area contributed by atoms with Gasteiger partial charge in [-0.05, 0) is 26.7 Å². The number of ether oxygens (including phenoxy) is 1. The van der Waals surface area contributed by atoms with E-state index in [1.165, 1.54) is 0 Å². The number of amides is 2. The fourth-order valence-corrected chi connectivity index (χ4v) is 2.66. The summed E-state index contributed by atoms with van der Waals surface area (Å²) < 4.78 is 5.04. The quantitative estimate of drug-likeness (QED) is 0.722. The Morgan fingerprint density at radius 3 is 3.00 bits per heavy atom. The third-order valence-electron chi connectivity index (χ3n) is 3.47. The van der Waals surface area contributed by atoms with E-state index in [2.05, 4.69) is 5.32 Å². The summed E-state index contributed by atoms with van der Waals surface area (Å²) in [5.74, 6) is 0.0474. The molecule has 0 unspecified atom stereocenters. The second-order valence-corrected chi connectivity index (χ2v) is 4.46. The lowest BCUT2D eigenvalue weighted by molar-refractivity contribution is -0.121. The zero-order valence-corrected chi connectivity index (χ0v) is 9.73. The molecule has 1 N–H and O–H groups in total. The summed E-state index contributed by atoms with van der Waals surface area (Å²) >= 11 is 0. The summed E-state index contributed by atoms with van der Waals surface area (Å²) in [5.41, 5.74) is 0. The fourth-order valence-electron chi connectivity index (χ4n) is 2.66. The average Bonchev–Trinajstić information content (AvgIpc) is 2.46. The van der Waals surface area contributed by atoms with Crippen LogP contribution in [0.5, 0.6) is 0 Å². The molecular formula is C11H18N2O3. The first-order chi connectivity index (χ1) is 7.63. The van der Waals surface area contributed by atoms with Crippen molar-refractivity contribution >= 4 is 12.0 Å². The molecule has 5 heteroatoms. The van der Waals surface area contributed by atoms with Crippen molar-refractivity contribution in [1.29, 1.82) is 0 Å². The van der Waals surface area contributed by atoms with Crippen LogP contribution in [0.3, 0.4) is 0 Å². The molecule has 0 aliphatic carbocycles. The summed E-state index contributed by atoms with van der Waals surface area (Å²) in [6.07, 6.45) is 1.95. The van der Waals surface area contributed by atoms with Crippen LogP contribution in [0.4, 0.5) is 4.79 Å². The van der Waals surface area contributed by atoms with Crippen LogP contribution in [-0.4, -0.2) is 41.6 Å². The Hall–Kier alpha value is -1.26. The number of hydrogen-bond donors (Lipinski definition) is 1. The zero-order chi connectivity index (χ0) is 11.7. The predicted molar refractivity (Wildman–Crippen MR) is 57.9 cm³/mol. The van der Waals surface area contributed by atoms with Gasteiger partial charge in [-0.15, -0.1) is 0 Å². The van der Waals surface area contributed by atoms with Gasteiger partial charge in [-0.2, -0.15) is 0 Å². The molecule has 0 aromatic rings. The van der Waals surface area contributed by atoms with E-state index in [1.54, 1.807) is 11.8 Å². The number of carbonyl (C=O) groups is 2. The van der Waals surface area contributed by atoms with Gasteiger partial charge in [-0.25, -0.2) is 4.79 Å². The van der Waals surface area contributed by atoms with Crippen molar-refractivity contribution in [1.82, 2.24) is 10.2 Å². The highest BCUT2D eigenvalue weighted by atomic mass is 16.6. The van der Waals surface area contributed by atoms with Gasteiger partial charge >= 0.3 is 6.09 Å². The molecule has 3 aliphatic heterocycles. The van der Waals surface area contributed by atoms with Crippen molar-refractivity contribution in [3.05, 3.63) is 0 Å². The van der Waals surface area contributed by atoms with Crippen LogP contribution in [0.15, 0.2) is 0 Å². The number of piperidine rings is 1. The maximum Gasteiger partial charge on any atom is 0.410 e. The molecule has 0 aromatic carbocycles. The first-order valence-corrected chi connectivity index (χ1v) is 5.88. The van der Waals surface area contributed by atoms with Gasteiger partial charge in [0, 0.05) is 18.5 Å². The maximum absolute atomic E-state index is 11.8. The normalized spacial score (nSPS) is 33.2. The van der Waals surface area contributed by atoms with E-state index >= 15 is 0 Å². The third-order valence-corrected chi connectivity index (χ3v) is 3.47. The topological polar surface area (TPSA) is 58.6 Å². The molecule has 2 bridgehead atoms. The minimum Gasteiger partial charge on any atom is -0.450 e. The Labute approximate surface area is 95.1 Å². The molecule has 5 nitrogen and oxygen atoms in total. The lowest BCUT2D eigenvalue weighted by Crippen LogP contribution is -2.55. The number of hydrogen-bond acceptors (Lipinski definition) is 3. The number of carbonyl (C=O) groups excluding carboxylic acids is 2. The van der Waals surface area contributed by atoms with Crippen LogP contribution in [-0.2, 0) is 9.53 Å². The van der Waals surface area contributed by atoms with Crippen LogP contribution >= 0.6 is 0 Å². The molecule has 0 spiro atoms. The molecular weight excluding hydrogens is 208 g/mol. The minimum atomic E-state index is -0.291. The molecule has 3 aliphatic rings. The van der Waals surface area contributed by atoms with E-state index in [4.69, 9.17) is 4.74 Å². The van der Waals surface area contributed by atoms with E-state index in [-0.39, 0.29) is 30.1 Å². The molecule has 90 valence electrons. The Bertz CT molecular complexity index is 306. The predicted octanol–water partition coefficient (Wildman–Crippen LogP) is 0.884. The molecule has 3 fully saturated rings. The Kier molecular flexibility index (Phi) is 3.03. The molecule has 16 heavy (non-hydrogen) atoms. The van der Waals surface area contributed by atoms with E-state index < -0.39 is 0 Å². The zero-order valence-electron chi connectivity index (χ0n) is 9.73. The van der Waals surface area contributed by atoms with Gasteiger partial charge in [0.05, 0.1) is 12.6 Å². The maximum atomic E-state index is 11.8. The minimum absolute atomic E-state index is 0.00722. The van der Waals surface area contributed by atoms with E-state index in [1.807, 2.05) is 6.92 Å².